The highest BCUT2D eigenvalue weighted by Gasteiger charge is 2.34. The van der Waals surface area contributed by atoms with Crippen molar-refractivity contribution in [3.63, 3.8) is 0 Å². The Morgan fingerprint density at radius 1 is 0.636 bits per heavy atom. The first kappa shape index (κ1) is 9.05. The molecule has 1 aliphatic rings. The van der Waals surface area contributed by atoms with E-state index in [4.69, 9.17) is 4.74 Å². The lowest BCUT2D eigenvalue weighted by atomic mass is 9.77. The van der Waals surface area contributed by atoms with Crippen molar-refractivity contribution in [3.8, 4) is 0 Å². The molecule has 1 aliphatic heterocycles. The van der Waals surface area contributed by atoms with Gasteiger partial charge in [0.05, 0.1) is 12.2 Å². The van der Waals surface area contributed by atoms with Gasteiger partial charge < -0.3 is 4.74 Å². The van der Waals surface area contributed by atoms with E-state index in [1.165, 1.54) is 0 Å². The molecule has 0 radical (unpaired) electrons. The standard InChI is InChI=1S/C10H20O/c1-6-7(2)9(4)11-10(5)8(6)3/h6-10H,1-5H3/t6-,7-,8?,9?,10+/m1/s1. The Bertz CT molecular complexity index is 119. The predicted octanol–water partition coefficient (Wildman–Crippen LogP) is 2.70. The second-order valence-corrected chi connectivity index (χ2v) is 4.12. The molecular formula is C10H20O. The van der Waals surface area contributed by atoms with Gasteiger partial charge in [0.2, 0.25) is 0 Å². The van der Waals surface area contributed by atoms with Gasteiger partial charge in [-0.3, -0.25) is 0 Å². The van der Waals surface area contributed by atoms with E-state index in [0.29, 0.717) is 24.0 Å². The summed E-state index contributed by atoms with van der Waals surface area (Å²) in [6.07, 6.45) is 0.882. The van der Waals surface area contributed by atoms with Crippen LogP contribution in [0.1, 0.15) is 34.6 Å². The van der Waals surface area contributed by atoms with Crippen LogP contribution in [0.3, 0.4) is 0 Å². The highest BCUT2D eigenvalue weighted by molar-refractivity contribution is 4.81. The Balaban J connectivity index is 2.63. The summed E-state index contributed by atoms with van der Waals surface area (Å²) < 4.78 is 5.78. The molecule has 1 fully saturated rings. The first-order valence-electron chi connectivity index (χ1n) is 4.69. The van der Waals surface area contributed by atoms with E-state index in [0.717, 1.165) is 5.92 Å². The molecule has 0 aliphatic carbocycles. The van der Waals surface area contributed by atoms with Crippen LogP contribution in [-0.2, 0) is 4.74 Å². The van der Waals surface area contributed by atoms with E-state index < -0.39 is 0 Å². The quantitative estimate of drug-likeness (QED) is 0.524. The lowest BCUT2D eigenvalue weighted by molar-refractivity contribution is -0.116. The van der Waals surface area contributed by atoms with Gasteiger partial charge in [0.1, 0.15) is 0 Å². The molecule has 66 valence electrons. The molecular weight excluding hydrogens is 136 g/mol. The topological polar surface area (TPSA) is 9.23 Å². The van der Waals surface area contributed by atoms with E-state index in [1.807, 2.05) is 0 Å². The molecule has 0 aromatic carbocycles. The number of ether oxygens (including phenoxy) is 1. The Labute approximate surface area is 70.1 Å². The minimum absolute atomic E-state index is 0.441. The number of hydrogen-bond acceptors (Lipinski definition) is 1. The van der Waals surface area contributed by atoms with Crippen LogP contribution in [0.15, 0.2) is 0 Å². The lowest BCUT2D eigenvalue weighted by Gasteiger charge is -2.41. The molecule has 1 nitrogen and oxygen atoms in total. The maximum absolute atomic E-state index is 5.78. The van der Waals surface area contributed by atoms with Crippen LogP contribution < -0.4 is 0 Å². The third-order valence-corrected chi connectivity index (χ3v) is 3.57. The third-order valence-electron chi connectivity index (χ3n) is 3.57. The first-order chi connectivity index (χ1) is 5.04. The van der Waals surface area contributed by atoms with Crippen LogP contribution in [0, 0.1) is 17.8 Å². The summed E-state index contributed by atoms with van der Waals surface area (Å²) in [4.78, 5) is 0. The van der Waals surface area contributed by atoms with E-state index in [9.17, 15) is 0 Å². The summed E-state index contributed by atoms with van der Waals surface area (Å²) in [6.45, 7) is 11.3. The summed E-state index contributed by atoms with van der Waals surface area (Å²) >= 11 is 0. The summed E-state index contributed by atoms with van der Waals surface area (Å²) in [5.74, 6) is 2.22. The van der Waals surface area contributed by atoms with Gasteiger partial charge in [0.25, 0.3) is 0 Å². The van der Waals surface area contributed by atoms with Crippen molar-refractivity contribution in [1.82, 2.24) is 0 Å². The van der Waals surface area contributed by atoms with Crippen molar-refractivity contribution in [2.45, 2.75) is 46.8 Å². The van der Waals surface area contributed by atoms with Gasteiger partial charge in [-0.2, -0.15) is 0 Å². The van der Waals surface area contributed by atoms with Crippen molar-refractivity contribution < 1.29 is 4.74 Å². The van der Waals surface area contributed by atoms with Gasteiger partial charge in [0.15, 0.2) is 0 Å². The summed E-state index contributed by atoms with van der Waals surface area (Å²) in [7, 11) is 0. The molecule has 0 aromatic heterocycles. The summed E-state index contributed by atoms with van der Waals surface area (Å²) in [5.41, 5.74) is 0. The summed E-state index contributed by atoms with van der Waals surface area (Å²) in [6, 6.07) is 0. The molecule has 5 atom stereocenters. The minimum atomic E-state index is 0.441. The van der Waals surface area contributed by atoms with Crippen LogP contribution in [0.25, 0.3) is 0 Å². The van der Waals surface area contributed by atoms with Crippen LogP contribution in [-0.4, -0.2) is 12.2 Å². The zero-order chi connectivity index (χ0) is 8.59. The van der Waals surface area contributed by atoms with Crippen LogP contribution in [0.5, 0.6) is 0 Å². The predicted molar refractivity (Wildman–Crippen MR) is 47.5 cm³/mol. The molecule has 1 heterocycles. The van der Waals surface area contributed by atoms with Gasteiger partial charge >= 0.3 is 0 Å². The zero-order valence-electron chi connectivity index (χ0n) is 8.29. The maximum atomic E-state index is 5.78. The van der Waals surface area contributed by atoms with Crippen molar-refractivity contribution in [1.29, 1.82) is 0 Å². The zero-order valence-corrected chi connectivity index (χ0v) is 8.29. The molecule has 1 saturated heterocycles. The van der Waals surface area contributed by atoms with E-state index in [1.54, 1.807) is 0 Å². The number of rotatable bonds is 0. The Morgan fingerprint density at radius 2 is 1.00 bits per heavy atom. The molecule has 0 aromatic rings. The SMILES string of the molecule is CC1O[C@@H](C)C(C)[C@H](C)[C@H]1C. The molecule has 1 rings (SSSR count). The van der Waals surface area contributed by atoms with Crippen molar-refractivity contribution >= 4 is 0 Å². The second-order valence-electron chi connectivity index (χ2n) is 4.12. The van der Waals surface area contributed by atoms with E-state index in [-0.39, 0.29) is 0 Å². The van der Waals surface area contributed by atoms with Gasteiger partial charge in [-0.05, 0) is 31.6 Å². The van der Waals surface area contributed by atoms with Gasteiger partial charge in [0, 0.05) is 0 Å². The molecule has 2 unspecified atom stereocenters. The fourth-order valence-corrected chi connectivity index (χ4v) is 1.92. The second kappa shape index (κ2) is 3.14. The van der Waals surface area contributed by atoms with Gasteiger partial charge in [-0.1, -0.05) is 20.8 Å². The average Bonchev–Trinajstić information content (AvgIpc) is 1.97. The lowest BCUT2D eigenvalue weighted by Crippen LogP contribution is -2.41. The van der Waals surface area contributed by atoms with Crippen molar-refractivity contribution in [2.75, 3.05) is 0 Å². The van der Waals surface area contributed by atoms with Crippen LogP contribution in [0.2, 0.25) is 0 Å². The Morgan fingerprint density at radius 3 is 1.36 bits per heavy atom. The van der Waals surface area contributed by atoms with E-state index in [2.05, 4.69) is 34.6 Å². The normalized spacial score (nSPS) is 52.6. The van der Waals surface area contributed by atoms with Gasteiger partial charge in [-0.25, -0.2) is 0 Å². The number of hydrogen-bond donors (Lipinski definition) is 0. The van der Waals surface area contributed by atoms with Crippen molar-refractivity contribution in [3.05, 3.63) is 0 Å². The molecule has 0 N–H and O–H groups in total. The largest absolute Gasteiger partial charge is 0.375 e. The highest BCUT2D eigenvalue weighted by Crippen LogP contribution is 2.34. The molecule has 0 spiro atoms. The fourth-order valence-electron chi connectivity index (χ4n) is 1.92. The maximum Gasteiger partial charge on any atom is 0.0578 e. The molecule has 11 heavy (non-hydrogen) atoms. The van der Waals surface area contributed by atoms with Crippen LogP contribution in [0.4, 0.5) is 0 Å². The van der Waals surface area contributed by atoms with Crippen LogP contribution >= 0.6 is 0 Å². The minimum Gasteiger partial charge on any atom is -0.375 e. The van der Waals surface area contributed by atoms with Crippen molar-refractivity contribution in [2.24, 2.45) is 17.8 Å². The average molecular weight is 156 g/mol. The Hall–Kier alpha value is -0.0400. The summed E-state index contributed by atoms with van der Waals surface area (Å²) in [5, 5.41) is 0. The molecule has 0 saturated carbocycles. The third kappa shape index (κ3) is 1.58. The fraction of sp³-hybridized carbons (Fsp3) is 1.00. The molecule has 0 amide bonds. The molecule has 0 bridgehead atoms. The Kier molecular flexibility index (Phi) is 2.58. The monoisotopic (exact) mass is 156 g/mol. The van der Waals surface area contributed by atoms with Gasteiger partial charge in [-0.15, -0.1) is 0 Å². The van der Waals surface area contributed by atoms with E-state index >= 15 is 0 Å². The molecule has 1 heteroatoms. The highest BCUT2D eigenvalue weighted by atomic mass is 16.5. The smallest absolute Gasteiger partial charge is 0.0578 e. The first-order valence-corrected chi connectivity index (χ1v) is 4.69.